The number of ether oxygens (including phenoxy) is 2. The van der Waals surface area contributed by atoms with Crippen LogP contribution in [0.5, 0.6) is 11.5 Å². The zero-order valence-electron chi connectivity index (χ0n) is 14.4. The minimum Gasteiger partial charge on any atom is -0.497 e. The highest BCUT2D eigenvalue weighted by atomic mass is 16.5. The molecule has 0 N–H and O–H groups in total. The van der Waals surface area contributed by atoms with Gasteiger partial charge in [-0.1, -0.05) is 52.0 Å². The second kappa shape index (κ2) is 6.43. The molecule has 2 aromatic rings. The first kappa shape index (κ1) is 16.4. The van der Waals surface area contributed by atoms with E-state index in [9.17, 15) is 0 Å². The van der Waals surface area contributed by atoms with Crippen molar-refractivity contribution in [2.45, 2.75) is 39.0 Å². The Balaban J connectivity index is 2.48. The number of benzene rings is 2. The van der Waals surface area contributed by atoms with Gasteiger partial charge in [0.1, 0.15) is 11.5 Å². The van der Waals surface area contributed by atoms with E-state index in [1.165, 1.54) is 16.7 Å². The van der Waals surface area contributed by atoms with E-state index < -0.39 is 0 Å². The minimum atomic E-state index is -0.114. The summed E-state index contributed by atoms with van der Waals surface area (Å²) < 4.78 is 11.0. The molecule has 2 nitrogen and oxygen atoms in total. The lowest BCUT2D eigenvalue weighted by Crippen LogP contribution is -2.19. The van der Waals surface area contributed by atoms with Crippen LogP contribution in [-0.2, 0) is 5.41 Å². The predicted octanol–water partition coefficient (Wildman–Crippen LogP) is 5.15. The highest BCUT2D eigenvalue weighted by molar-refractivity contribution is 5.47. The minimum absolute atomic E-state index is 0.114. The lowest BCUT2D eigenvalue weighted by Gasteiger charge is -2.27. The Bertz CT molecular complexity index is 642. The smallest absolute Gasteiger partial charge is 0.122 e. The molecule has 2 aromatic carbocycles. The molecular formula is C20H26O2. The number of rotatable bonds is 5. The molecule has 0 atom stereocenters. The Kier molecular flexibility index (Phi) is 4.80. The summed E-state index contributed by atoms with van der Waals surface area (Å²) in [6.45, 7) is 8.83. The first-order chi connectivity index (χ1) is 10.4. The van der Waals surface area contributed by atoms with E-state index in [0.29, 0.717) is 5.92 Å². The monoisotopic (exact) mass is 298 g/mol. The maximum absolute atomic E-state index is 5.60. The Labute approximate surface area is 134 Å². The van der Waals surface area contributed by atoms with Gasteiger partial charge in [0.2, 0.25) is 0 Å². The van der Waals surface area contributed by atoms with Gasteiger partial charge in [-0.3, -0.25) is 0 Å². The quantitative estimate of drug-likeness (QED) is 0.759. The van der Waals surface area contributed by atoms with Crippen molar-refractivity contribution < 1.29 is 9.47 Å². The summed E-state index contributed by atoms with van der Waals surface area (Å²) >= 11 is 0. The van der Waals surface area contributed by atoms with Gasteiger partial charge in [0.05, 0.1) is 14.2 Å². The SMILES string of the molecule is COc1cccc(C(C)(C)c2ccc(C(C)C)c(OC)c2)c1. The van der Waals surface area contributed by atoms with Crippen LogP contribution in [0.1, 0.15) is 50.3 Å². The molecule has 0 saturated carbocycles. The van der Waals surface area contributed by atoms with Crippen molar-refractivity contribution >= 4 is 0 Å². The third kappa shape index (κ3) is 3.11. The van der Waals surface area contributed by atoms with Gasteiger partial charge in [-0.25, -0.2) is 0 Å². The molecule has 118 valence electrons. The summed E-state index contributed by atoms with van der Waals surface area (Å²) in [6.07, 6.45) is 0. The molecular weight excluding hydrogens is 272 g/mol. The zero-order chi connectivity index (χ0) is 16.3. The highest BCUT2D eigenvalue weighted by Crippen LogP contribution is 2.37. The summed E-state index contributed by atoms with van der Waals surface area (Å²) in [5.41, 5.74) is 3.60. The lowest BCUT2D eigenvalue weighted by atomic mass is 9.77. The van der Waals surface area contributed by atoms with Crippen LogP contribution >= 0.6 is 0 Å². The maximum atomic E-state index is 5.60. The van der Waals surface area contributed by atoms with E-state index in [2.05, 4.69) is 58.0 Å². The molecule has 2 rings (SSSR count). The molecule has 0 aliphatic carbocycles. The predicted molar refractivity (Wildman–Crippen MR) is 92.2 cm³/mol. The molecule has 0 unspecified atom stereocenters. The Morgan fingerprint density at radius 3 is 2.14 bits per heavy atom. The second-order valence-corrected chi connectivity index (χ2v) is 6.47. The van der Waals surface area contributed by atoms with Crippen molar-refractivity contribution in [1.82, 2.24) is 0 Å². The van der Waals surface area contributed by atoms with Crippen molar-refractivity contribution in [3.8, 4) is 11.5 Å². The summed E-state index contributed by atoms with van der Waals surface area (Å²) in [6, 6.07) is 14.8. The van der Waals surface area contributed by atoms with E-state index in [-0.39, 0.29) is 5.41 Å². The summed E-state index contributed by atoms with van der Waals surface area (Å²) in [4.78, 5) is 0. The molecule has 0 heterocycles. The summed E-state index contributed by atoms with van der Waals surface area (Å²) in [7, 11) is 3.44. The van der Waals surface area contributed by atoms with Crippen LogP contribution in [0.3, 0.4) is 0 Å². The first-order valence-corrected chi connectivity index (χ1v) is 7.73. The van der Waals surface area contributed by atoms with Crippen molar-refractivity contribution in [2.75, 3.05) is 14.2 Å². The standard InChI is InChI=1S/C20H26O2/c1-14(2)18-11-10-16(13-19(18)22-6)20(3,4)15-8-7-9-17(12-15)21-5/h7-14H,1-6H3. The molecule has 0 aliphatic rings. The molecule has 0 fully saturated rings. The highest BCUT2D eigenvalue weighted by Gasteiger charge is 2.25. The molecule has 0 radical (unpaired) electrons. The fraction of sp³-hybridized carbons (Fsp3) is 0.400. The fourth-order valence-electron chi connectivity index (χ4n) is 2.76. The van der Waals surface area contributed by atoms with Gasteiger partial charge in [-0.2, -0.15) is 0 Å². The van der Waals surface area contributed by atoms with Gasteiger partial charge in [0.15, 0.2) is 0 Å². The van der Waals surface area contributed by atoms with Crippen LogP contribution < -0.4 is 9.47 Å². The molecule has 0 aliphatic heterocycles. The van der Waals surface area contributed by atoms with E-state index in [4.69, 9.17) is 9.47 Å². The van der Waals surface area contributed by atoms with Gasteiger partial charge >= 0.3 is 0 Å². The normalized spacial score (nSPS) is 11.6. The molecule has 2 heteroatoms. The van der Waals surface area contributed by atoms with Crippen LogP contribution in [0.15, 0.2) is 42.5 Å². The van der Waals surface area contributed by atoms with Crippen molar-refractivity contribution in [3.05, 3.63) is 59.2 Å². The number of methoxy groups -OCH3 is 2. The molecule has 22 heavy (non-hydrogen) atoms. The van der Waals surface area contributed by atoms with Crippen molar-refractivity contribution in [3.63, 3.8) is 0 Å². The topological polar surface area (TPSA) is 18.5 Å². The molecule has 0 bridgehead atoms. The maximum Gasteiger partial charge on any atom is 0.122 e. The first-order valence-electron chi connectivity index (χ1n) is 7.73. The number of hydrogen-bond donors (Lipinski definition) is 0. The summed E-state index contributed by atoms with van der Waals surface area (Å²) in [5, 5.41) is 0. The number of hydrogen-bond acceptors (Lipinski definition) is 2. The van der Waals surface area contributed by atoms with Crippen LogP contribution in [0.2, 0.25) is 0 Å². The van der Waals surface area contributed by atoms with Crippen molar-refractivity contribution in [1.29, 1.82) is 0 Å². The molecule has 0 saturated heterocycles. The van der Waals surface area contributed by atoms with Gasteiger partial charge in [-0.05, 0) is 40.8 Å². The van der Waals surface area contributed by atoms with Crippen LogP contribution in [0.4, 0.5) is 0 Å². The van der Waals surface area contributed by atoms with Gasteiger partial charge < -0.3 is 9.47 Å². The van der Waals surface area contributed by atoms with Gasteiger partial charge in [0, 0.05) is 5.41 Å². The van der Waals surface area contributed by atoms with E-state index in [1.54, 1.807) is 14.2 Å². The van der Waals surface area contributed by atoms with E-state index in [1.807, 2.05) is 12.1 Å². The third-order valence-electron chi connectivity index (χ3n) is 4.37. The summed E-state index contributed by atoms with van der Waals surface area (Å²) in [5.74, 6) is 2.30. The van der Waals surface area contributed by atoms with Crippen molar-refractivity contribution in [2.24, 2.45) is 0 Å². The zero-order valence-corrected chi connectivity index (χ0v) is 14.4. The molecule has 0 spiro atoms. The van der Waals surface area contributed by atoms with Crippen LogP contribution in [-0.4, -0.2) is 14.2 Å². The average molecular weight is 298 g/mol. The molecule has 0 aromatic heterocycles. The third-order valence-corrected chi connectivity index (χ3v) is 4.37. The van der Waals surface area contributed by atoms with Gasteiger partial charge in [0.25, 0.3) is 0 Å². The largest absolute Gasteiger partial charge is 0.497 e. The Morgan fingerprint density at radius 1 is 0.864 bits per heavy atom. The average Bonchev–Trinajstić information content (AvgIpc) is 2.54. The van der Waals surface area contributed by atoms with E-state index >= 15 is 0 Å². The lowest BCUT2D eigenvalue weighted by molar-refractivity contribution is 0.405. The molecule has 0 amide bonds. The second-order valence-electron chi connectivity index (χ2n) is 6.47. The Morgan fingerprint density at radius 2 is 1.55 bits per heavy atom. The van der Waals surface area contributed by atoms with Gasteiger partial charge in [-0.15, -0.1) is 0 Å². The van der Waals surface area contributed by atoms with E-state index in [0.717, 1.165) is 11.5 Å². The van der Waals surface area contributed by atoms with Crippen LogP contribution in [0.25, 0.3) is 0 Å². The Hall–Kier alpha value is -1.96. The fourth-order valence-corrected chi connectivity index (χ4v) is 2.76. The van der Waals surface area contributed by atoms with Crippen LogP contribution in [0, 0.1) is 0 Å².